The maximum atomic E-state index is 11.3. The molecule has 0 unspecified atom stereocenters. The molecule has 3 N–H and O–H groups in total. The number of aliphatic hydroxyl groups excluding tert-OH is 1. The third-order valence-corrected chi connectivity index (χ3v) is 4.99. The number of hydrogen-bond acceptors (Lipinski definition) is 7. The third kappa shape index (κ3) is 6.87. The first kappa shape index (κ1) is 17.9. The second-order valence-corrected chi connectivity index (χ2v) is 7.91. The first-order valence-electron chi connectivity index (χ1n) is 6.01. The van der Waals surface area contributed by atoms with Crippen molar-refractivity contribution in [3.8, 4) is 0 Å². The van der Waals surface area contributed by atoms with Crippen LogP contribution in [-0.4, -0.2) is 51.2 Å². The first-order chi connectivity index (χ1) is 9.74. The smallest absolute Gasteiger partial charge is 0.294 e. The van der Waals surface area contributed by atoms with Crippen LogP contribution < -0.4 is 5.48 Å². The van der Waals surface area contributed by atoms with Crippen molar-refractivity contribution >= 4 is 25.6 Å². The van der Waals surface area contributed by atoms with Crippen molar-refractivity contribution < 1.29 is 31.3 Å². The minimum absolute atomic E-state index is 0.0841. The molecule has 0 amide bonds. The van der Waals surface area contributed by atoms with Crippen LogP contribution in [0, 0.1) is 0 Å². The molecule has 0 saturated carbocycles. The first-order valence-corrected chi connectivity index (χ1v) is 9.27. The molecule has 1 rings (SSSR count). The lowest BCUT2D eigenvalue weighted by atomic mass is 10.3. The number of benzene rings is 1. The van der Waals surface area contributed by atoms with Gasteiger partial charge in [0.15, 0.2) is 9.84 Å². The summed E-state index contributed by atoms with van der Waals surface area (Å²) in [6.07, 6.45) is 0.229. The molecular formula is C11H17NO7S2. The van der Waals surface area contributed by atoms with Gasteiger partial charge in [-0.15, -0.1) is 0 Å². The van der Waals surface area contributed by atoms with E-state index in [1.54, 1.807) is 0 Å². The Morgan fingerprint density at radius 3 is 2.48 bits per heavy atom. The van der Waals surface area contributed by atoms with E-state index in [1.807, 2.05) is 0 Å². The van der Waals surface area contributed by atoms with Crippen LogP contribution in [0.15, 0.2) is 29.2 Å². The van der Waals surface area contributed by atoms with Crippen molar-refractivity contribution in [1.82, 2.24) is 0 Å². The lowest BCUT2D eigenvalue weighted by Gasteiger charge is -2.08. The van der Waals surface area contributed by atoms with E-state index in [4.69, 9.17) is 14.5 Å². The Labute approximate surface area is 123 Å². The molecule has 0 aromatic heterocycles. The quantitative estimate of drug-likeness (QED) is 0.327. The lowest BCUT2D eigenvalue weighted by molar-refractivity contribution is 0.194. The summed E-state index contributed by atoms with van der Waals surface area (Å²) in [6, 6.07) is 5.34. The molecule has 0 radical (unpaired) electrons. The van der Waals surface area contributed by atoms with Gasteiger partial charge in [0.1, 0.15) is 0 Å². The second kappa shape index (κ2) is 7.71. The van der Waals surface area contributed by atoms with Crippen molar-refractivity contribution in [2.24, 2.45) is 0 Å². The Bertz CT molecular complexity index is 655. The molecule has 0 aliphatic rings. The lowest BCUT2D eigenvalue weighted by Crippen LogP contribution is -2.16. The molecule has 0 aliphatic heterocycles. The van der Waals surface area contributed by atoms with E-state index < -0.39 is 26.6 Å². The highest BCUT2D eigenvalue weighted by Crippen LogP contribution is 2.15. The molecule has 0 bridgehead atoms. The zero-order valence-electron chi connectivity index (χ0n) is 11.1. The minimum Gasteiger partial charge on any atom is -0.395 e. The van der Waals surface area contributed by atoms with Crippen LogP contribution in [-0.2, 0) is 24.8 Å². The van der Waals surface area contributed by atoms with Gasteiger partial charge in [-0.25, -0.2) is 8.42 Å². The number of hydrogen-bond donors (Lipinski definition) is 3. The van der Waals surface area contributed by atoms with Gasteiger partial charge in [-0.05, 0) is 24.6 Å². The molecule has 120 valence electrons. The van der Waals surface area contributed by atoms with Crippen LogP contribution in [0.2, 0.25) is 0 Å². The fourth-order valence-electron chi connectivity index (χ4n) is 1.45. The summed E-state index contributed by atoms with van der Waals surface area (Å²) >= 11 is 0. The van der Waals surface area contributed by atoms with Gasteiger partial charge >= 0.3 is 0 Å². The standard InChI is InChI=1S/C11H17NO7S2/c13-5-8-20(14,15)7-2-6-19-12-10-3-1-4-11(9-10)21(16,17)18/h1,3-4,9,12-13H,2,5-8H2,(H,16,17,18). The molecule has 8 nitrogen and oxygen atoms in total. The summed E-state index contributed by atoms with van der Waals surface area (Å²) in [4.78, 5) is 4.73. The molecule has 1 aromatic carbocycles. The van der Waals surface area contributed by atoms with Crippen LogP contribution in [0.4, 0.5) is 5.69 Å². The maximum Gasteiger partial charge on any atom is 0.294 e. The van der Waals surface area contributed by atoms with E-state index >= 15 is 0 Å². The fraction of sp³-hybridized carbons (Fsp3) is 0.455. The molecule has 10 heteroatoms. The number of anilines is 1. The number of rotatable bonds is 9. The predicted octanol–water partition coefficient (Wildman–Crippen LogP) is 0.0740. The highest BCUT2D eigenvalue weighted by atomic mass is 32.2. The average molecular weight is 339 g/mol. The van der Waals surface area contributed by atoms with Gasteiger partial charge in [0.2, 0.25) is 0 Å². The Balaban J connectivity index is 2.40. The van der Waals surface area contributed by atoms with Crippen molar-refractivity contribution in [2.75, 3.05) is 30.2 Å². The van der Waals surface area contributed by atoms with Crippen LogP contribution in [0.25, 0.3) is 0 Å². The molecule has 0 fully saturated rings. The van der Waals surface area contributed by atoms with Crippen molar-refractivity contribution in [3.63, 3.8) is 0 Å². The molecule has 0 atom stereocenters. The summed E-state index contributed by atoms with van der Waals surface area (Å²) < 4.78 is 53.3. The van der Waals surface area contributed by atoms with Crippen molar-refractivity contribution in [1.29, 1.82) is 0 Å². The predicted molar refractivity (Wildman–Crippen MR) is 76.2 cm³/mol. The van der Waals surface area contributed by atoms with E-state index in [-0.39, 0.29) is 29.4 Å². The molecule has 0 spiro atoms. The SMILES string of the molecule is O=S(=O)(CCO)CCCONc1cccc(S(=O)(=O)O)c1. The Morgan fingerprint density at radius 1 is 1.14 bits per heavy atom. The number of sulfone groups is 1. The molecule has 1 aromatic rings. The normalized spacial score (nSPS) is 12.3. The third-order valence-electron chi connectivity index (χ3n) is 2.43. The van der Waals surface area contributed by atoms with Gasteiger partial charge in [0, 0.05) is 0 Å². The monoisotopic (exact) mass is 339 g/mol. The summed E-state index contributed by atoms with van der Waals surface area (Å²) in [5.41, 5.74) is 2.76. The van der Waals surface area contributed by atoms with Gasteiger partial charge < -0.3 is 5.11 Å². The molecular weight excluding hydrogens is 322 g/mol. The van der Waals surface area contributed by atoms with Gasteiger partial charge in [-0.3, -0.25) is 14.9 Å². The Kier molecular flexibility index (Phi) is 6.55. The van der Waals surface area contributed by atoms with E-state index in [0.717, 1.165) is 0 Å². The number of aliphatic hydroxyl groups is 1. The summed E-state index contributed by atoms with van der Waals surface area (Å²) in [5.74, 6) is -0.392. The van der Waals surface area contributed by atoms with Crippen LogP contribution in [0.3, 0.4) is 0 Å². The topological polar surface area (TPSA) is 130 Å². The Hall–Kier alpha value is -1.20. The van der Waals surface area contributed by atoms with Gasteiger partial charge in [-0.1, -0.05) is 6.07 Å². The summed E-state index contributed by atoms with van der Waals surface area (Å²) in [5, 5.41) is 8.55. The van der Waals surface area contributed by atoms with Crippen LogP contribution in [0.1, 0.15) is 6.42 Å². The van der Waals surface area contributed by atoms with Crippen LogP contribution >= 0.6 is 0 Å². The highest BCUT2D eigenvalue weighted by molar-refractivity contribution is 7.91. The largest absolute Gasteiger partial charge is 0.395 e. The van der Waals surface area contributed by atoms with E-state index in [0.29, 0.717) is 5.69 Å². The zero-order valence-corrected chi connectivity index (χ0v) is 12.7. The molecule has 0 heterocycles. The van der Waals surface area contributed by atoms with Gasteiger partial charge in [-0.2, -0.15) is 8.42 Å². The zero-order chi connectivity index (χ0) is 15.9. The minimum atomic E-state index is -4.28. The summed E-state index contributed by atoms with van der Waals surface area (Å²) in [7, 11) is -7.56. The molecule has 0 saturated heterocycles. The average Bonchev–Trinajstić information content (AvgIpc) is 2.37. The molecule has 0 aliphatic carbocycles. The fourth-order valence-corrected chi connectivity index (χ4v) is 3.01. The van der Waals surface area contributed by atoms with Crippen LogP contribution in [0.5, 0.6) is 0 Å². The van der Waals surface area contributed by atoms with E-state index in [2.05, 4.69) is 5.48 Å². The number of nitrogens with one attached hydrogen (secondary N) is 1. The van der Waals surface area contributed by atoms with Gasteiger partial charge in [0.05, 0.1) is 35.3 Å². The molecule has 21 heavy (non-hydrogen) atoms. The summed E-state index contributed by atoms with van der Waals surface area (Å²) in [6.45, 7) is -0.329. The Morgan fingerprint density at radius 2 is 1.86 bits per heavy atom. The van der Waals surface area contributed by atoms with Crippen molar-refractivity contribution in [2.45, 2.75) is 11.3 Å². The highest BCUT2D eigenvalue weighted by Gasteiger charge is 2.10. The van der Waals surface area contributed by atoms with E-state index in [9.17, 15) is 16.8 Å². The van der Waals surface area contributed by atoms with Crippen molar-refractivity contribution in [3.05, 3.63) is 24.3 Å². The second-order valence-electron chi connectivity index (χ2n) is 4.18. The van der Waals surface area contributed by atoms with E-state index in [1.165, 1.54) is 24.3 Å². The van der Waals surface area contributed by atoms with Gasteiger partial charge in [0.25, 0.3) is 10.1 Å². The maximum absolute atomic E-state index is 11.3.